The molecule has 1 aromatic carbocycles. The first kappa shape index (κ1) is 11.9. The lowest BCUT2D eigenvalue weighted by Gasteiger charge is -2.03. The first-order valence-corrected chi connectivity index (χ1v) is 5.38. The van der Waals surface area contributed by atoms with Crippen molar-refractivity contribution in [3.05, 3.63) is 47.7 Å². The van der Waals surface area contributed by atoms with E-state index in [0.29, 0.717) is 22.7 Å². The van der Waals surface area contributed by atoms with Crippen LogP contribution in [0.15, 0.2) is 35.1 Å². The normalized spacial score (nSPS) is 9.78. The highest BCUT2D eigenvalue weighted by Gasteiger charge is 2.10. The van der Waals surface area contributed by atoms with Gasteiger partial charge in [0.25, 0.3) is 0 Å². The number of nitrogens with one attached hydrogen (secondary N) is 1. The number of anilines is 1. The van der Waals surface area contributed by atoms with Crippen molar-refractivity contribution in [3.63, 3.8) is 0 Å². The molecule has 0 fully saturated rings. The van der Waals surface area contributed by atoms with Crippen LogP contribution < -0.4 is 5.32 Å². The number of carbonyl (C=O) groups is 1. The van der Waals surface area contributed by atoms with E-state index in [4.69, 9.17) is 9.68 Å². The Balaban J connectivity index is 1.99. The summed E-state index contributed by atoms with van der Waals surface area (Å²) < 4.78 is 5.09. The number of carbonyl (C=O) groups excluding carboxylic acids is 1. The molecule has 5 heteroatoms. The molecule has 0 aliphatic carbocycles. The van der Waals surface area contributed by atoms with Gasteiger partial charge in [0, 0.05) is 5.69 Å². The minimum absolute atomic E-state index is 0.145. The Hall–Kier alpha value is -2.61. The van der Waals surface area contributed by atoms with Gasteiger partial charge < -0.3 is 9.73 Å². The molecule has 0 atom stereocenters. The van der Waals surface area contributed by atoms with Crippen molar-refractivity contribution in [2.24, 2.45) is 0 Å². The predicted molar refractivity (Wildman–Crippen MR) is 64.7 cm³/mol. The second kappa shape index (κ2) is 5.15. The Kier molecular flexibility index (Phi) is 3.39. The minimum Gasteiger partial charge on any atom is -0.448 e. The Morgan fingerprint density at radius 3 is 2.72 bits per heavy atom. The van der Waals surface area contributed by atoms with Crippen LogP contribution in [0.2, 0.25) is 0 Å². The van der Waals surface area contributed by atoms with Crippen molar-refractivity contribution in [2.75, 3.05) is 5.32 Å². The molecule has 5 nitrogen and oxygen atoms in total. The summed E-state index contributed by atoms with van der Waals surface area (Å²) in [6.07, 6.45) is 1.46. The maximum Gasteiger partial charge on any atom is 0.232 e. The fourth-order valence-electron chi connectivity index (χ4n) is 1.47. The van der Waals surface area contributed by atoms with Crippen molar-refractivity contribution in [1.29, 1.82) is 5.26 Å². The van der Waals surface area contributed by atoms with Crippen LogP contribution in [-0.4, -0.2) is 10.9 Å². The highest BCUT2D eigenvalue weighted by atomic mass is 16.3. The van der Waals surface area contributed by atoms with E-state index >= 15 is 0 Å². The lowest BCUT2D eigenvalue weighted by atomic mass is 10.2. The van der Waals surface area contributed by atoms with Gasteiger partial charge in [0.05, 0.1) is 23.7 Å². The second-order valence-electron chi connectivity index (χ2n) is 3.78. The summed E-state index contributed by atoms with van der Waals surface area (Å²) in [6.45, 7) is 1.79. The summed E-state index contributed by atoms with van der Waals surface area (Å²) in [5.41, 5.74) is 1.92. The molecule has 0 aliphatic heterocycles. The number of aromatic nitrogens is 1. The summed E-state index contributed by atoms with van der Waals surface area (Å²) in [4.78, 5) is 15.6. The lowest BCUT2D eigenvalue weighted by Crippen LogP contribution is -2.14. The molecular formula is C13H11N3O2. The predicted octanol–water partition coefficient (Wildman–Crippen LogP) is 2.04. The molecule has 2 rings (SSSR count). The van der Waals surface area contributed by atoms with Gasteiger partial charge in [0.2, 0.25) is 5.91 Å². The molecule has 0 aliphatic rings. The molecule has 1 heterocycles. The molecule has 0 spiro atoms. The van der Waals surface area contributed by atoms with E-state index in [9.17, 15) is 4.79 Å². The van der Waals surface area contributed by atoms with E-state index in [-0.39, 0.29) is 12.3 Å². The highest BCUT2D eigenvalue weighted by Crippen LogP contribution is 2.11. The van der Waals surface area contributed by atoms with E-state index in [2.05, 4.69) is 10.3 Å². The molecule has 0 saturated heterocycles. The zero-order chi connectivity index (χ0) is 13.0. The largest absolute Gasteiger partial charge is 0.448 e. The van der Waals surface area contributed by atoms with E-state index in [1.54, 1.807) is 31.2 Å². The number of aryl methyl sites for hydroxylation is 1. The zero-order valence-corrected chi connectivity index (χ0v) is 9.80. The quantitative estimate of drug-likeness (QED) is 0.891. The topological polar surface area (TPSA) is 78.9 Å². The van der Waals surface area contributed by atoms with Crippen LogP contribution in [0.25, 0.3) is 0 Å². The highest BCUT2D eigenvalue weighted by molar-refractivity contribution is 5.92. The molecule has 1 aromatic heterocycles. The van der Waals surface area contributed by atoms with Gasteiger partial charge in [0.15, 0.2) is 6.39 Å². The number of benzene rings is 1. The standard InChI is InChI=1S/C13H11N3O2/c1-9-12(18-8-15-9)6-13(17)16-11-4-2-10(7-14)3-5-11/h2-5,8H,6H2,1H3,(H,16,17). The number of hydrogen-bond acceptors (Lipinski definition) is 4. The van der Waals surface area contributed by atoms with Crippen molar-refractivity contribution in [2.45, 2.75) is 13.3 Å². The monoisotopic (exact) mass is 241 g/mol. The lowest BCUT2D eigenvalue weighted by molar-refractivity contribution is -0.115. The summed E-state index contributed by atoms with van der Waals surface area (Å²) in [5.74, 6) is 0.376. The van der Waals surface area contributed by atoms with Crippen LogP contribution in [0.1, 0.15) is 17.0 Å². The molecule has 0 unspecified atom stereocenters. The number of rotatable bonds is 3. The Bertz CT molecular complexity index is 593. The Morgan fingerprint density at radius 1 is 1.44 bits per heavy atom. The van der Waals surface area contributed by atoms with E-state index in [1.807, 2.05) is 6.07 Å². The van der Waals surface area contributed by atoms with Crippen molar-refractivity contribution < 1.29 is 9.21 Å². The van der Waals surface area contributed by atoms with Gasteiger partial charge in [-0.15, -0.1) is 0 Å². The van der Waals surface area contributed by atoms with Crippen LogP contribution in [0.4, 0.5) is 5.69 Å². The van der Waals surface area contributed by atoms with Gasteiger partial charge >= 0.3 is 0 Å². The first-order chi connectivity index (χ1) is 8.69. The molecule has 1 N–H and O–H groups in total. The summed E-state index contributed by atoms with van der Waals surface area (Å²) >= 11 is 0. The average molecular weight is 241 g/mol. The molecule has 18 heavy (non-hydrogen) atoms. The van der Waals surface area contributed by atoms with Crippen LogP contribution in [0, 0.1) is 18.3 Å². The Morgan fingerprint density at radius 2 is 2.17 bits per heavy atom. The zero-order valence-electron chi connectivity index (χ0n) is 9.80. The summed E-state index contributed by atoms with van der Waals surface area (Å²) in [5, 5.41) is 11.4. The van der Waals surface area contributed by atoms with Gasteiger partial charge in [-0.1, -0.05) is 0 Å². The molecule has 1 amide bonds. The molecule has 0 saturated carbocycles. The number of oxazole rings is 1. The number of nitrogens with zero attached hydrogens (tertiary/aromatic N) is 2. The molecule has 2 aromatic rings. The summed E-state index contributed by atoms with van der Waals surface area (Å²) in [6, 6.07) is 8.68. The number of nitriles is 1. The molecular weight excluding hydrogens is 230 g/mol. The van der Waals surface area contributed by atoms with E-state index in [1.165, 1.54) is 6.39 Å². The van der Waals surface area contributed by atoms with Crippen molar-refractivity contribution in [1.82, 2.24) is 4.98 Å². The maximum atomic E-state index is 11.7. The van der Waals surface area contributed by atoms with E-state index in [0.717, 1.165) is 0 Å². The van der Waals surface area contributed by atoms with Gasteiger partial charge in [-0.3, -0.25) is 4.79 Å². The average Bonchev–Trinajstić information content (AvgIpc) is 2.76. The molecule has 90 valence electrons. The van der Waals surface area contributed by atoms with Crippen molar-refractivity contribution >= 4 is 11.6 Å². The van der Waals surface area contributed by atoms with Crippen LogP contribution in [0.3, 0.4) is 0 Å². The number of hydrogen-bond donors (Lipinski definition) is 1. The van der Waals surface area contributed by atoms with Gasteiger partial charge in [0.1, 0.15) is 5.76 Å². The molecule has 0 bridgehead atoms. The van der Waals surface area contributed by atoms with Crippen LogP contribution >= 0.6 is 0 Å². The third-order valence-corrected chi connectivity index (χ3v) is 2.46. The Labute approximate surface area is 104 Å². The smallest absolute Gasteiger partial charge is 0.232 e. The van der Waals surface area contributed by atoms with Gasteiger partial charge in [-0.05, 0) is 31.2 Å². The second-order valence-corrected chi connectivity index (χ2v) is 3.78. The first-order valence-electron chi connectivity index (χ1n) is 5.38. The van der Waals surface area contributed by atoms with Crippen LogP contribution in [-0.2, 0) is 11.2 Å². The van der Waals surface area contributed by atoms with Gasteiger partial charge in [-0.25, -0.2) is 4.98 Å². The van der Waals surface area contributed by atoms with Crippen molar-refractivity contribution in [3.8, 4) is 6.07 Å². The summed E-state index contributed by atoms with van der Waals surface area (Å²) in [7, 11) is 0. The fourth-order valence-corrected chi connectivity index (χ4v) is 1.47. The minimum atomic E-state index is -0.181. The third kappa shape index (κ3) is 2.74. The molecule has 0 radical (unpaired) electrons. The fraction of sp³-hybridized carbons (Fsp3) is 0.154. The maximum absolute atomic E-state index is 11.7. The van der Waals surface area contributed by atoms with Gasteiger partial charge in [-0.2, -0.15) is 5.26 Å². The third-order valence-electron chi connectivity index (χ3n) is 2.46. The number of amides is 1. The van der Waals surface area contributed by atoms with Crippen LogP contribution in [0.5, 0.6) is 0 Å². The van der Waals surface area contributed by atoms with E-state index < -0.39 is 0 Å². The SMILES string of the molecule is Cc1ncoc1CC(=O)Nc1ccc(C#N)cc1.